The van der Waals surface area contributed by atoms with E-state index in [2.05, 4.69) is 0 Å². The quantitative estimate of drug-likeness (QED) is 0.631. The van der Waals surface area contributed by atoms with Crippen molar-refractivity contribution < 1.29 is 23.1 Å². The monoisotopic (exact) mass is 469 g/mol. The van der Waals surface area contributed by atoms with Crippen molar-refractivity contribution in [2.45, 2.75) is 23.3 Å². The largest absolute Gasteiger partial charge is 0.497 e. The molecule has 1 spiro atoms. The van der Waals surface area contributed by atoms with Crippen LogP contribution in [0.15, 0.2) is 53.4 Å². The normalized spacial score (nSPS) is 20.0. The smallest absolute Gasteiger partial charge is 0.243 e. The van der Waals surface area contributed by atoms with Crippen LogP contribution in [0.1, 0.15) is 24.2 Å². The molecule has 0 saturated carbocycles. The third kappa shape index (κ3) is 3.10. The highest BCUT2D eigenvalue weighted by Gasteiger charge is 2.56. The molecule has 2 aliphatic heterocycles. The second-order valence-electron chi connectivity index (χ2n) is 8.91. The highest BCUT2D eigenvalue weighted by Crippen LogP contribution is 2.50. The van der Waals surface area contributed by atoms with Gasteiger partial charge in [-0.1, -0.05) is 18.2 Å². The number of aliphatic hydroxyl groups is 1. The fraction of sp³-hybridized carbons (Fsp3) is 0.375. The van der Waals surface area contributed by atoms with Crippen molar-refractivity contribution in [3.63, 3.8) is 0 Å². The van der Waals surface area contributed by atoms with Gasteiger partial charge in [-0.3, -0.25) is 4.79 Å². The van der Waals surface area contributed by atoms with E-state index < -0.39 is 21.5 Å². The summed E-state index contributed by atoms with van der Waals surface area (Å²) < 4.78 is 35.3. The molecule has 3 heterocycles. The molecule has 8 nitrogen and oxygen atoms in total. The van der Waals surface area contributed by atoms with Gasteiger partial charge in [0.25, 0.3) is 0 Å². The van der Waals surface area contributed by atoms with E-state index in [0.717, 1.165) is 22.2 Å². The summed E-state index contributed by atoms with van der Waals surface area (Å²) in [6.07, 6.45) is 0. The number of hydrogen-bond acceptors (Lipinski definition) is 5. The summed E-state index contributed by atoms with van der Waals surface area (Å²) >= 11 is 0. The first-order valence-corrected chi connectivity index (χ1v) is 12.3. The first-order valence-electron chi connectivity index (χ1n) is 10.8. The lowest BCUT2D eigenvalue weighted by Crippen LogP contribution is -2.67. The Kier molecular flexibility index (Phi) is 5.04. The molecule has 1 N–H and O–H groups in total. The molecule has 3 aromatic rings. The number of aliphatic hydroxyl groups excluding tert-OH is 1. The van der Waals surface area contributed by atoms with Gasteiger partial charge in [0, 0.05) is 56.2 Å². The molecule has 1 aromatic heterocycles. The third-order valence-corrected chi connectivity index (χ3v) is 8.87. The standard InChI is InChI=1S/C24H27N3O5S/c1-16(29)27-15-24(13-26(14-24)33(30,31)18-7-5-4-6-8-18)22-19-10-9-17(32-3)11-20(19)25(2)23(22)21(27)12-28/h4-11,21,28H,12-15H2,1-3H3/t21-/m0/s1. The Morgan fingerprint density at radius 1 is 1.15 bits per heavy atom. The van der Waals surface area contributed by atoms with Crippen LogP contribution in [0.5, 0.6) is 5.75 Å². The fourth-order valence-corrected chi connectivity index (χ4v) is 7.12. The van der Waals surface area contributed by atoms with Crippen LogP contribution in [-0.4, -0.2) is 66.6 Å². The van der Waals surface area contributed by atoms with Crippen LogP contribution in [0.2, 0.25) is 0 Å². The van der Waals surface area contributed by atoms with Crippen molar-refractivity contribution in [2.75, 3.05) is 33.4 Å². The first kappa shape index (κ1) is 21.9. The average Bonchev–Trinajstić information content (AvgIpc) is 3.09. The Morgan fingerprint density at radius 3 is 2.45 bits per heavy atom. The van der Waals surface area contributed by atoms with Crippen LogP contribution in [0.4, 0.5) is 0 Å². The molecular formula is C24H27N3O5S. The Morgan fingerprint density at radius 2 is 1.85 bits per heavy atom. The van der Waals surface area contributed by atoms with Gasteiger partial charge in [-0.05, 0) is 29.8 Å². The molecule has 174 valence electrons. The molecule has 2 aliphatic rings. The Labute approximate surface area is 193 Å². The molecule has 1 atom stereocenters. The number of methoxy groups -OCH3 is 1. The van der Waals surface area contributed by atoms with E-state index in [-0.39, 0.29) is 30.5 Å². The van der Waals surface area contributed by atoms with Crippen LogP contribution in [0, 0.1) is 0 Å². The summed E-state index contributed by atoms with van der Waals surface area (Å²) in [5, 5.41) is 11.3. The molecule has 9 heteroatoms. The molecule has 0 radical (unpaired) electrons. The first-order chi connectivity index (χ1) is 15.7. The Bertz CT molecular complexity index is 1340. The van der Waals surface area contributed by atoms with Gasteiger partial charge in [0.05, 0.1) is 30.2 Å². The molecular weight excluding hydrogens is 442 g/mol. The molecule has 0 aliphatic carbocycles. The zero-order chi connectivity index (χ0) is 23.5. The summed E-state index contributed by atoms with van der Waals surface area (Å²) in [6, 6.07) is 13.7. The molecule has 1 fully saturated rings. The maximum atomic E-state index is 13.2. The van der Waals surface area contributed by atoms with E-state index >= 15 is 0 Å². The fourth-order valence-electron chi connectivity index (χ4n) is 5.49. The minimum atomic E-state index is -3.64. The van der Waals surface area contributed by atoms with Gasteiger partial charge < -0.3 is 19.3 Å². The maximum absolute atomic E-state index is 13.2. The highest BCUT2D eigenvalue weighted by atomic mass is 32.2. The van der Waals surface area contributed by atoms with Crippen molar-refractivity contribution in [3.05, 3.63) is 59.8 Å². The lowest BCUT2D eigenvalue weighted by molar-refractivity contribution is -0.135. The van der Waals surface area contributed by atoms with E-state index in [1.54, 1.807) is 42.3 Å². The minimum Gasteiger partial charge on any atom is -0.497 e. The average molecular weight is 470 g/mol. The summed E-state index contributed by atoms with van der Waals surface area (Å²) in [5.41, 5.74) is 2.23. The van der Waals surface area contributed by atoms with E-state index in [0.29, 0.717) is 12.3 Å². The van der Waals surface area contributed by atoms with Gasteiger partial charge in [0.1, 0.15) is 5.75 Å². The van der Waals surface area contributed by atoms with Gasteiger partial charge in [0.2, 0.25) is 15.9 Å². The number of aromatic nitrogens is 1. The predicted molar refractivity (Wildman–Crippen MR) is 124 cm³/mol. The van der Waals surface area contributed by atoms with Crippen LogP contribution in [-0.2, 0) is 27.3 Å². The van der Waals surface area contributed by atoms with Crippen LogP contribution < -0.4 is 4.74 Å². The van der Waals surface area contributed by atoms with Crippen molar-refractivity contribution in [2.24, 2.45) is 7.05 Å². The van der Waals surface area contributed by atoms with Crippen molar-refractivity contribution in [3.8, 4) is 5.75 Å². The minimum absolute atomic E-state index is 0.147. The number of sulfonamides is 1. The van der Waals surface area contributed by atoms with E-state index in [9.17, 15) is 18.3 Å². The number of hydrogen-bond donors (Lipinski definition) is 1. The van der Waals surface area contributed by atoms with Gasteiger partial charge in [-0.2, -0.15) is 4.31 Å². The number of carbonyl (C=O) groups is 1. The van der Waals surface area contributed by atoms with Crippen LogP contribution >= 0.6 is 0 Å². The van der Waals surface area contributed by atoms with E-state index in [1.807, 2.05) is 29.8 Å². The summed E-state index contributed by atoms with van der Waals surface area (Å²) in [5.74, 6) is 0.562. The zero-order valence-corrected chi connectivity index (χ0v) is 19.7. The second-order valence-corrected chi connectivity index (χ2v) is 10.9. The SMILES string of the molecule is COc1ccc2c3c(n(C)c2c1)[C@H](CO)N(C(C)=O)CC31CN(S(=O)(=O)c2ccccc2)C1. The van der Waals surface area contributed by atoms with Gasteiger partial charge in [-0.15, -0.1) is 0 Å². The highest BCUT2D eigenvalue weighted by molar-refractivity contribution is 7.89. The molecule has 1 amide bonds. The predicted octanol–water partition coefficient (Wildman–Crippen LogP) is 2.02. The van der Waals surface area contributed by atoms with Gasteiger partial charge in [0.15, 0.2) is 0 Å². The number of carbonyl (C=O) groups excluding carboxylic acids is 1. The van der Waals surface area contributed by atoms with Crippen LogP contribution in [0.25, 0.3) is 10.9 Å². The number of rotatable bonds is 4. The third-order valence-electron chi connectivity index (χ3n) is 7.06. The molecule has 33 heavy (non-hydrogen) atoms. The number of fused-ring (bicyclic) bond motifs is 4. The van der Waals surface area contributed by atoms with E-state index in [1.165, 1.54) is 11.2 Å². The number of ether oxygens (including phenoxy) is 1. The lowest BCUT2D eigenvalue weighted by atomic mass is 9.70. The zero-order valence-electron chi connectivity index (χ0n) is 18.9. The van der Waals surface area contributed by atoms with Crippen LogP contribution in [0.3, 0.4) is 0 Å². The number of nitrogens with zero attached hydrogens (tertiary/aromatic N) is 3. The number of aryl methyl sites for hydroxylation is 1. The summed E-state index contributed by atoms with van der Waals surface area (Å²) in [4.78, 5) is 14.5. The Hall–Kier alpha value is -2.88. The Balaban J connectivity index is 1.66. The van der Waals surface area contributed by atoms with Crippen molar-refractivity contribution >= 4 is 26.8 Å². The van der Waals surface area contributed by atoms with Gasteiger partial charge >= 0.3 is 0 Å². The molecule has 1 saturated heterocycles. The van der Waals surface area contributed by atoms with Crippen molar-refractivity contribution in [1.82, 2.24) is 13.8 Å². The molecule has 0 bridgehead atoms. The molecule has 2 aromatic carbocycles. The maximum Gasteiger partial charge on any atom is 0.243 e. The van der Waals surface area contributed by atoms with Crippen molar-refractivity contribution in [1.29, 1.82) is 0 Å². The number of amides is 1. The summed E-state index contributed by atoms with van der Waals surface area (Å²) in [7, 11) is -0.117. The lowest BCUT2D eigenvalue weighted by Gasteiger charge is -2.55. The molecule has 5 rings (SSSR count). The van der Waals surface area contributed by atoms with Gasteiger partial charge in [-0.25, -0.2) is 8.42 Å². The topological polar surface area (TPSA) is 92.1 Å². The molecule has 0 unspecified atom stereocenters. The second kappa shape index (κ2) is 7.58. The van der Waals surface area contributed by atoms with E-state index in [4.69, 9.17) is 4.74 Å². The summed E-state index contributed by atoms with van der Waals surface area (Å²) in [6.45, 7) is 2.17. The number of benzene rings is 2.